The number of aryl methyl sites for hydroxylation is 1. The molecule has 22 heavy (non-hydrogen) atoms. The number of carbonyl (C=O) groups is 1. The van der Waals surface area contributed by atoms with Crippen molar-refractivity contribution in [2.24, 2.45) is 5.92 Å². The van der Waals surface area contributed by atoms with E-state index in [1.54, 1.807) is 0 Å². The molecule has 0 aromatic heterocycles. The number of nitrogens with zero attached hydrogens (tertiary/aromatic N) is 1. The average molecular weight is 323 g/mol. The van der Waals surface area contributed by atoms with Crippen LogP contribution in [0, 0.1) is 12.8 Å². The van der Waals surface area contributed by atoms with E-state index in [1.165, 1.54) is 36.8 Å². The molecular weight excluding hydrogens is 296 g/mol. The van der Waals surface area contributed by atoms with E-state index in [4.69, 9.17) is 0 Å². The molecule has 3 rings (SSSR count). The van der Waals surface area contributed by atoms with E-state index in [1.807, 2.05) is 12.1 Å². The summed E-state index contributed by atoms with van der Waals surface area (Å²) in [6, 6.07) is 8.74. The Bertz CT molecular complexity index is 500. The fourth-order valence-corrected chi connectivity index (χ4v) is 3.89. The van der Waals surface area contributed by atoms with Crippen molar-refractivity contribution in [2.45, 2.75) is 45.1 Å². The number of likely N-dealkylation sites (tertiary alicyclic amines) is 1. The summed E-state index contributed by atoms with van der Waals surface area (Å²) in [5.74, 6) is 1.03. The van der Waals surface area contributed by atoms with E-state index in [0.29, 0.717) is 24.3 Å². The average Bonchev–Trinajstić information content (AvgIpc) is 3.00. The lowest BCUT2D eigenvalue weighted by Gasteiger charge is -2.34. The van der Waals surface area contributed by atoms with Crippen molar-refractivity contribution in [2.75, 3.05) is 19.6 Å². The smallest absolute Gasteiger partial charge is 0.227 e. The van der Waals surface area contributed by atoms with Crippen molar-refractivity contribution in [1.82, 2.24) is 10.2 Å². The second-order valence-electron chi connectivity index (χ2n) is 6.49. The van der Waals surface area contributed by atoms with Gasteiger partial charge in [0.05, 0.1) is 6.42 Å². The third-order valence-corrected chi connectivity index (χ3v) is 5.15. The van der Waals surface area contributed by atoms with E-state index in [0.717, 1.165) is 19.6 Å². The zero-order valence-corrected chi connectivity index (χ0v) is 14.2. The highest BCUT2D eigenvalue weighted by atomic mass is 35.5. The summed E-state index contributed by atoms with van der Waals surface area (Å²) in [6.07, 6.45) is 5.38. The lowest BCUT2D eigenvalue weighted by atomic mass is 9.88. The SMILES string of the molecule is Cc1ccccc1CC(=O)N1CCCC1C1CCNCC1.Cl. The molecule has 0 spiro atoms. The fraction of sp³-hybridized carbons (Fsp3) is 0.611. The Kier molecular flexibility index (Phi) is 6.27. The number of piperidine rings is 1. The van der Waals surface area contributed by atoms with Gasteiger partial charge in [-0.25, -0.2) is 0 Å². The first-order valence-corrected chi connectivity index (χ1v) is 8.30. The van der Waals surface area contributed by atoms with Gasteiger partial charge in [0, 0.05) is 12.6 Å². The summed E-state index contributed by atoms with van der Waals surface area (Å²) in [4.78, 5) is 14.9. The van der Waals surface area contributed by atoms with Gasteiger partial charge in [-0.3, -0.25) is 4.79 Å². The predicted molar refractivity (Wildman–Crippen MR) is 92.5 cm³/mol. The predicted octanol–water partition coefficient (Wildman–Crippen LogP) is 2.95. The summed E-state index contributed by atoms with van der Waals surface area (Å²) in [5, 5.41) is 3.43. The number of benzene rings is 1. The normalized spacial score (nSPS) is 22.4. The van der Waals surface area contributed by atoms with Gasteiger partial charge in [0.25, 0.3) is 0 Å². The number of carbonyl (C=O) groups excluding carboxylic acids is 1. The van der Waals surface area contributed by atoms with Gasteiger partial charge in [0.1, 0.15) is 0 Å². The van der Waals surface area contributed by atoms with E-state index >= 15 is 0 Å². The Morgan fingerprint density at radius 3 is 2.68 bits per heavy atom. The Morgan fingerprint density at radius 2 is 1.95 bits per heavy atom. The van der Waals surface area contributed by atoms with Crippen LogP contribution >= 0.6 is 12.4 Å². The van der Waals surface area contributed by atoms with Gasteiger partial charge in [-0.15, -0.1) is 12.4 Å². The molecule has 2 aliphatic heterocycles. The van der Waals surface area contributed by atoms with E-state index in [9.17, 15) is 4.79 Å². The van der Waals surface area contributed by atoms with E-state index in [-0.39, 0.29) is 12.4 Å². The summed E-state index contributed by atoms with van der Waals surface area (Å²) in [5.41, 5.74) is 2.40. The minimum absolute atomic E-state index is 0. The highest BCUT2D eigenvalue weighted by Crippen LogP contribution is 2.30. The maximum absolute atomic E-state index is 12.7. The zero-order chi connectivity index (χ0) is 14.7. The molecule has 1 N–H and O–H groups in total. The third-order valence-electron chi connectivity index (χ3n) is 5.15. The molecule has 1 aromatic carbocycles. The van der Waals surface area contributed by atoms with Crippen LogP contribution in [0.3, 0.4) is 0 Å². The molecule has 2 saturated heterocycles. The Morgan fingerprint density at radius 1 is 1.23 bits per heavy atom. The topological polar surface area (TPSA) is 32.3 Å². The van der Waals surface area contributed by atoms with Gasteiger partial charge in [0.15, 0.2) is 0 Å². The van der Waals surface area contributed by atoms with Crippen molar-refractivity contribution in [3.63, 3.8) is 0 Å². The van der Waals surface area contributed by atoms with Crippen LogP contribution in [0.15, 0.2) is 24.3 Å². The van der Waals surface area contributed by atoms with Gasteiger partial charge < -0.3 is 10.2 Å². The molecule has 0 bridgehead atoms. The summed E-state index contributed by atoms with van der Waals surface area (Å²) < 4.78 is 0. The number of amides is 1. The van der Waals surface area contributed by atoms with Crippen LogP contribution in [0.5, 0.6) is 0 Å². The highest BCUT2D eigenvalue weighted by Gasteiger charge is 2.34. The maximum Gasteiger partial charge on any atom is 0.227 e. The van der Waals surface area contributed by atoms with Crippen molar-refractivity contribution in [3.8, 4) is 0 Å². The van der Waals surface area contributed by atoms with Crippen LogP contribution in [0.1, 0.15) is 36.8 Å². The van der Waals surface area contributed by atoms with Crippen molar-refractivity contribution < 1.29 is 4.79 Å². The number of hydrogen-bond acceptors (Lipinski definition) is 2. The first-order valence-electron chi connectivity index (χ1n) is 8.30. The van der Waals surface area contributed by atoms with Gasteiger partial charge in [-0.1, -0.05) is 24.3 Å². The first-order chi connectivity index (χ1) is 10.3. The number of rotatable bonds is 3. The number of nitrogens with one attached hydrogen (secondary N) is 1. The second-order valence-corrected chi connectivity index (χ2v) is 6.49. The summed E-state index contributed by atoms with van der Waals surface area (Å²) >= 11 is 0. The summed E-state index contributed by atoms with van der Waals surface area (Å²) in [7, 11) is 0. The molecule has 0 saturated carbocycles. The molecule has 1 amide bonds. The highest BCUT2D eigenvalue weighted by molar-refractivity contribution is 5.85. The van der Waals surface area contributed by atoms with Crippen LogP contribution in [-0.4, -0.2) is 36.5 Å². The molecule has 1 unspecified atom stereocenters. The van der Waals surface area contributed by atoms with Crippen LogP contribution < -0.4 is 5.32 Å². The molecule has 2 heterocycles. The molecule has 4 heteroatoms. The molecule has 122 valence electrons. The minimum atomic E-state index is 0. The van der Waals surface area contributed by atoms with Gasteiger partial charge in [0.2, 0.25) is 5.91 Å². The Labute approximate surface area is 139 Å². The zero-order valence-electron chi connectivity index (χ0n) is 13.4. The molecule has 2 aliphatic rings. The monoisotopic (exact) mass is 322 g/mol. The molecule has 2 fully saturated rings. The van der Waals surface area contributed by atoms with Crippen LogP contribution in [-0.2, 0) is 11.2 Å². The first kappa shape index (κ1) is 17.3. The molecular formula is C18H27ClN2O. The second kappa shape index (κ2) is 7.98. The van der Waals surface area contributed by atoms with Crippen LogP contribution in [0.4, 0.5) is 0 Å². The van der Waals surface area contributed by atoms with Crippen molar-refractivity contribution in [1.29, 1.82) is 0 Å². The Hall–Kier alpha value is -1.06. The number of halogens is 1. The molecule has 0 radical (unpaired) electrons. The van der Waals surface area contributed by atoms with Crippen LogP contribution in [0.25, 0.3) is 0 Å². The fourth-order valence-electron chi connectivity index (χ4n) is 3.89. The van der Waals surface area contributed by atoms with Gasteiger partial charge >= 0.3 is 0 Å². The van der Waals surface area contributed by atoms with Crippen LogP contribution in [0.2, 0.25) is 0 Å². The lowest BCUT2D eigenvalue weighted by Crippen LogP contribution is -2.44. The quantitative estimate of drug-likeness (QED) is 0.928. The van der Waals surface area contributed by atoms with E-state index in [2.05, 4.69) is 29.3 Å². The van der Waals surface area contributed by atoms with Crippen molar-refractivity contribution in [3.05, 3.63) is 35.4 Å². The third kappa shape index (κ3) is 3.82. The largest absolute Gasteiger partial charge is 0.339 e. The molecule has 1 atom stereocenters. The van der Waals surface area contributed by atoms with E-state index < -0.39 is 0 Å². The van der Waals surface area contributed by atoms with Gasteiger partial charge in [-0.2, -0.15) is 0 Å². The lowest BCUT2D eigenvalue weighted by molar-refractivity contribution is -0.132. The van der Waals surface area contributed by atoms with Gasteiger partial charge in [-0.05, 0) is 62.7 Å². The number of hydrogen-bond donors (Lipinski definition) is 1. The maximum atomic E-state index is 12.7. The Balaban J connectivity index is 0.00000176. The summed E-state index contributed by atoms with van der Waals surface area (Å²) in [6.45, 7) is 5.28. The van der Waals surface area contributed by atoms with Crippen molar-refractivity contribution >= 4 is 18.3 Å². The molecule has 3 nitrogen and oxygen atoms in total. The molecule has 0 aliphatic carbocycles. The molecule has 1 aromatic rings. The minimum Gasteiger partial charge on any atom is -0.339 e. The standard InChI is InChI=1S/C18H26N2O.ClH/c1-14-5-2-3-6-16(14)13-18(21)20-12-4-7-17(20)15-8-10-19-11-9-15;/h2-3,5-6,15,17,19H,4,7-13H2,1H3;1H.